The highest BCUT2D eigenvalue weighted by atomic mass is 79.9. The lowest BCUT2D eigenvalue weighted by atomic mass is 9.95. The van der Waals surface area contributed by atoms with Crippen molar-refractivity contribution < 1.29 is 4.79 Å². The largest absolute Gasteiger partial charge is 0.324 e. The lowest BCUT2D eigenvalue weighted by molar-refractivity contribution is 0.121. The van der Waals surface area contributed by atoms with E-state index in [-0.39, 0.29) is 12.1 Å². The van der Waals surface area contributed by atoms with Crippen molar-refractivity contribution in [3.63, 3.8) is 0 Å². The Bertz CT molecular complexity index is 644. The Morgan fingerprint density at radius 3 is 2.57 bits per heavy atom. The number of rotatable bonds is 2. The van der Waals surface area contributed by atoms with E-state index in [1.54, 1.807) is 4.90 Å². The fourth-order valence-corrected chi connectivity index (χ4v) is 3.05. The molecular formula is C17H17BrN2O. The standard InChI is InChI=1S/C17H17BrN2O/c1-19(15-8-3-2-4-9-15)17(21)20-11-10-16(20)13-6-5-7-14(18)12-13/h2-9,12,16H,10-11H2,1H3. The number of amides is 2. The second-order valence-corrected chi connectivity index (χ2v) is 6.15. The van der Waals surface area contributed by atoms with Crippen LogP contribution >= 0.6 is 15.9 Å². The zero-order valence-corrected chi connectivity index (χ0v) is 13.5. The van der Waals surface area contributed by atoms with Crippen LogP contribution in [0.3, 0.4) is 0 Å². The summed E-state index contributed by atoms with van der Waals surface area (Å²) in [6.07, 6.45) is 1.02. The third kappa shape index (κ3) is 2.81. The molecule has 0 N–H and O–H groups in total. The van der Waals surface area contributed by atoms with Crippen molar-refractivity contribution in [3.05, 3.63) is 64.6 Å². The van der Waals surface area contributed by atoms with Gasteiger partial charge in [-0.1, -0.05) is 46.3 Å². The highest BCUT2D eigenvalue weighted by Crippen LogP contribution is 2.35. The van der Waals surface area contributed by atoms with E-state index in [2.05, 4.69) is 28.1 Å². The van der Waals surface area contributed by atoms with Gasteiger partial charge in [0.15, 0.2) is 0 Å². The molecule has 0 spiro atoms. The molecule has 2 amide bonds. The Morgan fingerprint density at radius 1 is 1.19 bits per heavy atom. The molecule has 0 aromatic heterocycles. The topological polar surface area (TPSA) is 23.6 Å². The van der Waals surface area contributed by atoms with Crippen LogP contribution in [0.2, 0.25) is 0 Å². The van der Waals surface area contributed by atoms with Gasteiger partial charge in [-0.2, -0.15) is 0 Å². The molecule has 0 bridgehead atoms. The van der Waals surface area contributed by atoms with Crippen molar-refractivity contribution in [2.75, 3.05) is 18.5 Å². The van der Waals surface area contributed by atoms with Crippen molar-refractivity contribution >= 4 is 27.6 Å². The molecule has 108 valence electrons. The number of carbonyl (C=O) groups is 1. The fraction of sp³-hybridized carbons (Fsp3) is 0.235. The number of nitrogens with zero attached hydrogens (tertiary/aromatic N) is 2. The van der Waals surface area contributed by atoms with Crippen LogP contribution < -0.4 is 4.90 Å². The zero-order chi connectivity index (χ0) is 14.8. The Hall–Kier alpha value is -1.81. The maximum atomic E-state index is 12.6. The number of likely N-dealkylation sites (tertiary alicyclic amines) is 1. The van der Waals surface area contributed by atoms with Crippen LogP contribution in [0.4, 0.5) is 10.5 Å². The number of hydrogen-bond donors (Lipinski definition) is 0. The third-order valence-corrected chi connectivity index (χ3v) is 4.42. The van der Waals surface area contributed by atoms with E-state index in [1.807, 2.05) is 54.4 Å². The summed E-state index contributed by atoms with van der Waals surface area (Å²) in [5, 5.41) is 0. The molecule has 1 aliphatic heterocycles. The van der Waals surface area contributed by atoms with Gasteiger partial charge in [0.1, 0.15) is 0 Å². The van der Waals surface area contributed by atoms with Crippen LogP contribution in [-0.4, -0.2) is 24.5 Å². The minimum Gasteiger partial charge on any atom is -0.317 e. The number of para-hydroxylation sites is 1. The van der Waals surface area contributed by atoms with Gasteiger partial charge in [0.2, 0.25) is 0 Å². The molecule has 1 unspecified atom stereocenters. The molecule has 1 aliphatic rings. The molecule has 1 saturated heterocycles. The van der Waals surface area contributed by atoms with E-state index in [9.17, 15) is 4.79 Å². The third-order valence-electron chi connectivity index (χ3n) is 3.93. The molecule has 2 aromatic rings. The molecular weight excluding hydrogens is 328 g/mol. The zero-order valence-electron chi connectivity index (χ0n) is 11.9. The first-order valence-electron chi connectivity index (χ1n) is 7.01. The molecule has 1 fully saturated rings. The number of benzene rings is 2. The minimum absolute atomic E-state index is 0.0532. The molecule has 1 atom stereocenters. The van der Waals surface area contributed by atoms with E-state index in [1.165, 1.54) is 5.56 Å². The van der Waals surface area contributed by atoms with Crippen LogP contribution in [0.5, 0.6) is 0 Å². The molecule has 4 heteroatoms. The Labute approximate surface area is 133 Å². The maximum absolute atomic E-state index is 12.6. The number of hydrogen-bond acceptors (Lipinski definition) is 1. The molecule has 3 rings (SSSR count). The number of halogens is 1. The Morgan fingerprint density at radius 2 is 1.95 bits per heavy atom. The van der Waals surface area contributed by atoms with Gasteiger partial charge in [0, 0.05) is 23.8 Å². The fourth-order valence-electron chi connectivity index (χ4n) is 2.63. The monoisotopic (exact) mass is 344 g/mol. The Kier molecular flexibility index (Phi) is 3.97. The van der Waals surface area contributed by atoms with Crippen LogP contribution in [0, 0.1) is 0 Å². The van der Waals surface area contributed by atoms with E-state index in [4.69, 9.17) is 0 Å². The molecule has 1 heterocycles. The summed E-state index contributed by atoms with van der Waals surface area (Å²) in [6.45, 7) is 0.813. The van der Waals surface area contributed by atoms with Gasteiger partial charge in [0.05, 0.1) is 6.04 Å². The van der Waals surface area contributed by atoms with Gasteiger partial charge in [-0.15, -0.1) is 0 Å². The van der Waals surface area contributed by atoms with Crippen molar-refractivity contribution in [2.45, 2.75) is 12.5 Å². The van der Waals surface area contributed by atoms with Gasteiger partial charge in [-0.25, -0.2) is 4.79 Å². The van der Waals surface area contributed by atoms with Crippen LogP contribution in [-0.2, 0) is 0 Å². The maximum Gasteiger partial charge on any atom is 0.324 e. The van der Waals surface area contributed by atoms with E-state index < -0.39 is 0 Å². The average molecular weight is 345 g/mol. The van der Waals surface area contributed by atoms with Crippen molar-refractivity contribution in [1.82, 2.24) is 4.90 Å². The van der Waals surface area contributed by atoms with Gasteiger partial charge >= 0.3 is 6.03 Å². The number of carbonyl (C=O) groups excluding carboxylic acids is 1. The minimum atomic E-state index is 0.0532. The molecule has 0 saturated carbocycles. The Balaban J connectivity index is 1.76. The van der Waals surface area contributed by atoms with E-state index in [0.29, 0.717) is 0 Å². The summed E-state index contributed by atoms with van der Waals surface area (Å²) >= 11 is 3.49. The summed E-state index contributed by atoms with van der Waals surface area (Å²) in [5.74, 6) is 0. The quantitative estimate of drug-likeness (QED) is 0.789. The van der Waals surface area contributed by atoms with Gasteiger partial charge in [0.25, 0.3) is 0 Å². The summed E-state index contributed by atoms with van der Waals surface area (Å²) in [7, 11) is 1.83. The summed E-state index contributed by atoms with van der Waals surface area (Å²) < 4.78 is 1.05. The molecule has 21 heavy (non-hydrogen) atoms. The predicted octanol–water partition coefficient (Wildman–Crippen LogP) is 4.45. The molecule has 0 radical (unpaired) electrons. The second-order valence-electron chi connectivity index (χ2n) is 5.23. The summed E-state index contributed by atoms with van der Waals surface area (Å²) in [4.78, 5) is 16.3. The highest BCUT2D eigenvalue weighted by molar-refractivity contribution is 9.10. The van der Waals surface area contributed by atoms with E-state index >= 15 is 0 Å². The van der Waals surface area contributed by atoms with Crippen LogP contribution in [0.25, 0.3) is 0 Å². The first-order chi connectivity index (χ1) is 10.2. The summed E-state index contributed by atoms with van der Waals surface area (Å²) in [6, 6.07) is 18.2. The number of urea groups is 1. The van der Waals surface area contributed by atoms with Gasteiger partial charge in [-0.05, 0) is 36.2 Å². The lowest BCUT2D eigenvalue weighted by Gasteiger charge is -2.43. The SMILES string of the molecule is CN(C(=O)N1CCC1c1cccc(Br)c1)c1ccccc1. The summed E-state index contributed by atoms with van der Waals surface area (Å²) in [5.41, 5.74) is 2.10. The smallest absolute Gasteiger partial charge is 0.317 e. The predicted molar refractivity (Wildman–Crippen MR) is 88.4 cm³/mol. The van der Waals surface area contributed by atoms with Crippen LogP contribution in [0.1, 0.15) is 18.0 Å². The normalized spacial score (nSPS) is 17.2. The molecule has 3 nitrogen and oxygen atoms in total. The highest BCUT2D eigenvalue weighted by Gasteiger charge is 2.35. The van der Waals surface area contributed by atoms with Crippen molar-refractivity contribution in [2.24, 2.45) is 0 Å². The first-order valence-corrected chi connectivity index (χ1v) is 7.81. The van der Waals surface area contributed by atoms with Crippen molar-refractivity contribution in [3.8, 4) is 0 Å². The lowest BCUT2D eigenvalue weighted by Crippen LogP contribution is -2.50. The van der Waals surface area contributed by atoms with Crippen LogP contribution in [0.15, 0.2) is 59.1 Å². The van der Waals surface area contributed by atoms with E-state index in [0.717, 1.165) is 23.1 Å². The first kappa shape index (κ1) is 14.1. The number of anilines is 1. The second kappa shape index (κ2) is 5.90. The van der Waals surface area contributed by atoms with Crippen molar-refractivity contribution in [1.29, 1.82) is 0 Å². The average Bonchev–Trinajstić information content (AvgIpc) is 2.46. The molecule has 0 aliphatic carbocycles. The van der Waals surface area contributed by atoms with Gasteiger partial charge in [-0.3, -0.25) is 4.90 Å². The van der Waals surface area contributed by atoms with Gasteiger partial charge < -0.3 is 4.90 Å². The molecule has 2 aromatic carbocycles.